The van der Waals surface area contributed by atoms with Gasteiger partial charge in [0.2, 0.25) is 5.91 Å². The minimum atomic E-state index is 0. The number of nitrogens with zero attached hydrogens (tertiary/aromatic N) is 1. The Morgan fingerprint density at radius 1 is 1.21 bits per heavy atom. The number of thioether (sulfide) groups is 1. The van der Waals surface area contributed by atoms with E-state index in [1.165, 1.54) is 0 Å². The third kappa shape index (κ3) is 5.04. The average molecular weight is 371 g/mol. The third-order valence-corrected chi connectivity index (χ3v) is 5.87. The Morgan fingerprint density at radius 3 is 2.42 bits per heavy atom. The number of amides is 1. The van der Waals surface area contributed by atoms with E-state index in [1.54, 1.807) is 11.8 Å². The number of ether oxygens (including phenoxy) is 1. The number of rotatable bonds is 5. The summed E-state index contributed by atoms with van der Waals surface area (Å²) in [4.78, 5) is 15.7. The Labute approximate surface area is 155 Å². The molecule has 4 nitrogen and oxygen atoms in total. The molecule has 2 aliphatic rings. The fraction of sp³-hybridized carbons (Fsp3) is 0.611. The van der Waals surface area contributed by atoms with Crippen molar-refractivity contribution in [3.05, 3.63) is 24.3 Å². The van der Waals surface area contributed by atoms with E-state index in [2.05, 4.69) is 10.2 Å². The van der Waals surface area contributed by atoms with Crippen LogP contribution >= 0.6 is 24.2 Å². The van der Waals surface area contributed by atoms with Crippen molar-refractivity contribution in [2.24, 2.45) is 11.8 Å². The monoisotopic (exact) mass is 370 g/mol. The highest BCUT2D eigenvalue weighted by molar-refractivity contribution is 8.00. The molecule has 134 valence electrons. The Balaban J connectivity index is 0.00000208. The van der Waals surface area contributed by atoms with Crippen LogP contribution in [0.2, 0.25) is 0 Å². The fourth-order valence-corrected chi connectivity index (χ4v) is 4.30. The van der Waals surface area contributed by atoms with E-state index in [9.17, 15) is 4.79 Å². The second kappa shape index (κ2) is 9.54. The van der Waals surface area contributed by atoms with Gasteiger partial charge in [-0.25, -0.2) is 0 Å². The van der Waals surface area contributed by atoms with Gasteiger partial charge in [-0.1, -0.05) is 0 Å². The van der Waals surface area contributed by atoms with Gasteiger partial charge in [0.15, 0.2) is 0 Å². The molecule has 2 atom stereocenters. The fourth-order valence-electron chi connectivity index (χ4n) is 3.50. The maximum atomic E-state index is 12.5. The van der Waals surface area contributed by atoms with Crippen molar-refractivity contribution in [2.45, 2.75) is 24.7 Å². The van der Waals surface area contributed by atoms with Crippen molar-refractivity contribution in [1.82, 2.24) is 10.2 Å². The summed E-state index contributed by atoms with van der Waals surface area (Å²) in [5, 5.41) is 3.48. The van der Waals surface area contributed by atoms with Crippen molar-refractivity contribution in [1.29, 1.82) is 0 Å². The van der Waals surface area contributed by atoms with Gasteiger partial charge in [0.25, 0.3) is 0 Å². The highest BCUT2D eigenvalue weighted by atomic mass is 35.5. The molecular formula is C18H27ClN2O2S. The summed E-state index contributed by atoms with van der Waals surface area (Å²) in [7, 11) is 0. The standard InChI is InChI=1S/C18H26N2O2S.ClH/c1-2-22-16-3-5-17(6-4-16)23-13-18(21)20-9-7-14-11-19-12-15(14)8-10-20;/h3-6,14-15,19H,2,7-13H2,1H3;1H/t14-,15+;. The number of carbonyl (C=O) groups excluding carboxylic acids is 1. The molecule has 0 bridgehead atoms. The second-order valence-electron chi connectivity index (χ2n) is 6.33. The SMILES string of the molecule is CCOc1ccc(SCC(=O)N2CC[C@@H]3CNC[C@@H]3CC2)cc1.Cl. The van der Waals surface area contributed by atoms with Gasteiger partial charge in [-0.05, 0) is 69.0 Å². The van der Waals surface area contributed by atoms with Crippen LogP contribution < -0.4 is 10.1 Å². The van der Waals surface area contributed by atoms with Gasteiger partial charge in [0.1, 0.15) is 5.75 Å². The minimum Gasteiger partial charge on any atom is -0.494 e. The number of hydrogen-bond donors (Lipinski definition) is 1. The van der Waals surface area contributed by atoms with Gasteiger partial charge < -0.3 is 15.0 Å². The first kappa shape index (κ1) is 19.4. The number of benzene rings is 1. The molecule has 2 saturated heterocycles. The van der Waals surface area contributed by atoms with Gasteiger partial charge in [0, 0.05) is 18.0 Å². The summed E-state index contributed by atoms with van der Waals surface area (Å²) in [5.74, 6) is 3.23. The van der Waals surface area contributed by atoms with E-state index in [4.69, 9.17) is 4.74 Å². The van der Waals surface area contributed by atoms with Crippen LogP contribution in [0.3, 0.4) is 0 Å². The molecule has 1 amide bonds. The molecule has 2 heterocycles. The molecule has 0 radical (unpaired) electrons. The predicted octanol–water partition coefficient (Wildman–Crippen LogP) is 3.06. The summed E-state index contributed by atoms with van der Waals surface area (Å²) in [6.45, 7) is 6.77. The molecule has 1 aromatic carbocycles. The Morgan fingerprint density at radius 2 is 1.83 bits per heavy atom. The number of likely N-dealkylation sites (tertiary alicyclic amines) is 1. The van der Waals surface area contributed by atoms with Crippen molar-refractivity contribution < 1.29 is 9.53 Å². The molecule has 1 N–H and O–H groups in total. The summed E-state index contributed by atoms with van der Waals surface area (Å²) in [6.07, 6.45) is 2.30. The average Bonchev–Trinajstić information content (AvgIpc) is 2.93. The van der Waals surface area contributed by atoms with Gasteiger partial charge in [0.05, 0.1) is 12.4 Å². The van der Waals surface area contributed by atoms with E-state index < -0.39 is 0 Å². The van der Waals surface area contributed by atoms with Crippen LogP contribution in [-0.4, -0.2) is 49.3 Å². The summed E-state index contributed by atoms with van der Waals surface area (Å²) in [6, 6.07) is 8.00. The van der Waals surface area contributed by atoms with Crippen LogP contribution in [0.25, 0.3) is 0 Å². The Bertz CT molecular complexity index is 512. The minimum absolute atomic E-state index is 0. The number of carbonyl (C=O) groups is 1. The summed E-state index contributed by atoms with van der Waals surface area (Å²) in [5.41, 5.74) is 0. The van der Waals surface area contributed by atoms with Crippen LogP contribution in [0, 0.1) is 11.8 Å². The maximum absolute atomic E-state index is 12.5. The topological polar surface area (TPSA) is 41.6 Å². The lowest BCUT2D eigenvalue weighted by Gasteiger charge is -2.20. The largest absolute Gasteiger partial charge is 0.494 e. The molecule has 0 unspecified atom stereocenters. The Kier molecular flexibility index (Phi) is 7.72. The maximum Gasteiger partial charge on any atom is 0.232 e. The lowest BCUT2D eigenvalue weighted by molar-refractivity contribution is -0.128. The highest BCUT2D eigenvalue weighted by Gasteiger charge is 2.31. The smallest absolute Gasteiger partial charge is 0.232 e. The van der Waals surface area contributed by atoms with E-state index >= 15 is 0 Å². The van der Waals surface area contributed by atoms with Crippen LogP contribution in [0.1, 0.15) is 19.8 Å². The summed E-state index contributed by atoms with van der Waals surface area (Å²) < 4.78 is 5.44. The van der Waals surface area contributed by atoms with E-state index in [1.807, 2.05) is 31.2 Å². The first-order chi connectivity index (χ1) is 11.3. The van der Waals surface area contributed by atoms with E-state index in [0.29, 0.717) is 12.4 Å². The lowest BCUT2D eigenvalue weighted by Crippen LogP contribution is -2.34. The van der Waals surface area contributed by atoms with Crippen LogP contribution in [-0.2, 0) is 4.79 Å². The van der Waals surface area contributed by atoms with E-state index in [-0.39, 0.29) is 18.3 Å². The number of halogens is 1. The molecule has 0 saturated carbocycles. The van der Waals surface area contributed by atoms with Gasteiger partial charge in [-0.2, -0.15) is 0 Å². The Hall–Kier alpha value is -0.910. The first-order valence-corrected chi connectivity index (χ1v) is 9.59. The first-order valence-electron chi connectivity index (χ1n) is 8.60. The van der Waals surface area contributed by atoms with Gasteiger partial charge in [-0.3, -0.25) is 4.79 Å². The van der Waals surface area contributed by atoms with Crippen LogP contribution in [0.5, 0.6) is 5.75 Å². The molecule has 0 spiro atoms. The quantitative estimate of drug-likeness (QED) is 0.809. The van der Waals surface area contributed by atoms with Crippen molar-refractivity contribution in [2.75, 3.05) is 38.5 Å². The lowest BCUT2D eigenvalue weighted by atomic mass is 9.92. The molecular weight excluding hydrogens is 344 g/mol. The summed E-state index contributed by atoms with van der Waals surface area (Å²) >= 11 is 1.62. The van der Waals surface area contributed by atoms with Crippen molar-refractivity contribution >= 4 is 30.1 Å². The third-order valence-electron chi connectivity index (χ3n) is 4.87. The van der Waals surface area contributed by atoms with Gasteiger partial charge in [-0.15, -0.1) is 24.2 Å². The van der Waals surface area contributed by atoms with E-state index in [0.717, 1.165) is 61.5 Å². The second-order valence-corrected chi connectivity index (χ2v) is 7.38. The number of nitrogens with one attached hydrogen (secondary N) is 1. The molecule has 1 aromatic rings. The zero-order valence-electron chi connectivity index (χ0n) is 14.2. The van der Waals surface area contributed by atoms with Gasteiger partial charge >= 0.3 is 0 Å². The molecule has 2 fully saturated rings. The van der Waals surface area contributed by atoms with Crippen LogP contribution in [0.4, 0.5) is 0 Å². The predicted molar refractivity (Wildman–Crippen MR) is 101 cm³/mol. The molecule has 24 heavy (non-hydrogen) atoms. The number of fused-ring (bicyclic) bond motifs is 1. The van der Waals surface area contributed by atoms with Crippen molar-refractivity contribution in [3.8, 4) is 5.75 Å². The molecule has 0 aliphatic carbocycles. The molecule has 0 aromatic heterocycles. The van der Waals surface area contributed by atoms with Crippen molar-refractivity contribution in [3.63, 3.8) is 0 Å². The highest BCUT2D eigenvalue weighted by Crippen LogP contribution is 2.28. The number of hydrogen-bond acceptors (Lipinski definition) is 4. The zero-order valence-corrected chi connectivity index (χ0v) is 15.8. The molecule has 3 rings (SSSR count). The van der Waals surface area contributed by atoms with Crippen LogP contribution in [0.15, 0.2) is 29.2 Å². The molecule has 2 aliphatic heterocycles. The normalized spacial score (nSPS) is 23.1. The molecule has 6 heteroatoms. The zero-order chi connectivity index (χ0) is 16.1.